The molecule has 2 atom stereocenters. The highest BCUT2D eigenvalue weighted by atomic mass is 16.5. The lowest BCUT2D eigenvalue weighted by Crippen LogP contribution is -2.31. The lowest BCUT2D eigenvalue weighted by Gasteiger charge is -2.27. The van der Waals surface area contributed by atoms with Crippen LogP contribution in [-0.4, -0.2) is 11.9 Å². The Balaban J connectivity index is 2.54. The number of nitriles is 2. The predicted molar refractivity (Wildman–Crippen MR) is 106 cm³/mol. The van der Waals surface area contributed by atoms with Crippen LogP contribution in [0, 0.1) is 40.9 Å². The van der Waals surface area contributed by atoms with Crippen molar-refractivity contribution >= 4 is 17.6 Å². The van der Waals surface area contributed by atoms with Gasteiger partial charge in [-0.2, -0.15) is 10.5 Å². The van der Waals surface area contributed by atoms with Crippen molar-refractivity contribution in [2.45, 2.75) is 53.1 Å². The smallest absolute Gasteiger partial charge is 0.155 e. The van der Waals surface area contributed by atoms with Crippen LogP contribution in [0.25, 0.3) is 11.8 Å². The molecule has 1 aromatic rings. The minimum atomic E-state index is -0.680. The average molecular weight is 362 g/mol. The molecule has 2 rings (SSSR count). The number of ether oxygens (including phenoxy) is 1. The highest BCUT2D eigenvalue weighted by molar-refractivity contribution is 5.88. The molecule has 2 unspecified atom stereocenters. The second-order valence-electron chi connectivity index (χ2n) is 7.85. The van der Waals surface area contributed by atoms with Gasteiger partial charge in [-0.15, -0.1) is 0 Å². The molecule has 0 saturated heterocycles. The average Bonchev–Trinajstić information content (AvgIpc) is 2.62. The fraction of sp³-hybridized carbons (Fsp3) is 0.435. The number of fused-ring (bicyclic) bond motifs is 1. The molecule has 0 radical (unpaired) electrons. The Kier molecular flexibility index (Phi) is 6.24. The first kappa shape index (κ1) is 20.5. The summed E-state index contributed by atoms with van der Waals surface area (Å²) in [5, 5.41) is 19.0. The standard InChI is InChI=1S/C23H26N2O2/c1-15-11-18-7-6-8-19(13-24)22(26)23(4,5)10-9-16(2)27-17(3)21(18)20(12-15)14-25/h6-7,11-12,16,19H,3,8-10H2,1-2,4-5H3/b7-6+. The summed E-state index contributed by atoms with van der Waals surface area (Å²) in [7, 11) is 0. The molecule has 0 aromatic heterocycles. The van der Waals surface area contributed by atoms with Crippen molar-refractivity contribution in [1.29, 1.82) is 10.5 Å². The molecule has 0 aliphatic carbocycles. The zero-order valence-corrected chi connectivity index (χ0v) is 16.5. The topological polar surface area (TPSA) is 73.9 Å². The van der Waals surface area contributed by atoms with E-state index >= 15 is 0 Å². The van der Waals surface area contributed by atoms with Crippen molar-refractivity contribution in [3.8, 4) is 12.1 Å². The minimum Gasteiger partial charge on any atom is -0.491 e. The molecule has 140 valence electrons. The maximum atomic E-state index is 12.8. The number of allylic oxidation sites excluding steroid dienone is 1. The number of rotatable bonds is 0. The van der Waals surface area contributed by atoms with Gasteiger partial charge >= 0.3 is 0 Å². The van der Waals surface area contributed by atoms with Gasteiger partial charge in [0.25, 0.3) is 0 Å². The molecule has 0 saturated carbocycles. The summed E-state index contributed by atoms with van der Waals surface area (Å²) in [5.74, 6) is -0.263. The predicted octanol–water partition coefficient (Wildman–Crippen LogP) is 5.17. The number of nitrogens with zero attached hydrogens (tertiary/aromatic N) is 2. The van der Waals surface area contributed by atoms with Crippen molar-refractivity contribution in [1.82, 2.24) is 0 Å². The summed E-state index contributed by atoms with van der Waals surface area (Å²) < 4.78 is 6.00. The minimum absolute atomic E-state index is 0.0397. The molecule has 1 aromatic carbocycles. The van der Waals surface area contributed by atoms with E-state index in [0.29, 0.717) is 36.1 Å². The maximum absolute atomic E-state index is 12.8. The summed E-state index contributed by atoms with van der Waals surface area (Å²) in [6.07, 6.45) is 5.15. The van der Waals surface area contributed by atoms with Crippen LogP contribution >= 0.6 is 0 Å². The van der Waals surface area contributed by atoms with E-state index in [9.17, 15) is 15.3 Å². The first-order valence-corrected chi connectivity index (χ1v) is 9.20. The van der Waals surface area contributed by atoms with Crippen molar-refractivity contribution in [2.75, 3.05) is 0 Å². The molecule has 0 N–H and O–H groups in total. The van der Waals surface area contributed by atoms with Gasteiger partial charge in [0.1, 0.15) is 11.7 Å². The van der Waals surface area contributed by atoms with Crippen molar-refractivity contribution < 1.29 is 9.53 Å². The SMILES string of the molecule is C=C1OC(C)CCC(C)(C)C(=O)C(C#N)C/C=C/c2cc(C)cc(C#N)c21. The van der Waals surface area contributed by atoms with E-state index in [1.165, 1.54) is 0 Å². The Morgan fingerprint density at radius 3 is 2.63 bits per heavy atom. The van der Waals surface area contributed by atoms with Crippen molar-refractivity contribution in [2.24, 2.45) is 11.3 Å². The van der Waals surface area contributed by atoms with E-state index in [1.807, 2.05) is 52.0 Å². The highest BCUT2D eigenvalue weighted by Gasteiger charge is 2.33. The molecule has 4 nitrogen and oxygen atoms in total. The Bertz CT molecular complexity index is 866. The van der Waals surface area contributed by atoms with Gasteiger partial charge in [-0.25, -0.2) is 0 Å². The summed E-state index contributed by atoms with van der Waals surface area (Å²) in [6, 6.07) is 8.15. The Hall–Kier alpha value is -2.85. The summed E-state index contributed by atoms with van der Waals surface area (Å²) in [6.45, 7) is 11.7. The van der Waals surface area contributed by atoms with E-state index in [0.717, 1.165) is 11.1 Å². The fourth-order valence-corrected chi connectivity index (χ4v) is 3.41. The number of hydrogen-bond acceptors (Lipinski definition) is 4. The van der Waals surface area contributed by atoms with E-state index in [1.54, 1.807) is 0 Å². The Labute approximate surface area is 161 Å². The van der Waals surface area contributed by atoms with Gasteiger partial charge in [-0.1, -0.05) is 38.6 Å². The lowest BCUT2D eigenvalue weighted by atomic mass is 9.77. The van der Waals surface area contributed by atoms with Crippen LogP contribution in [0.5, 0.6) is 0 Å². The van der Waals surface area contributed by atoms with E-state index < -0.39 is 11.3 Å². The van der Waals surface area contributed by atoms with Crippen LogP contribution in [0.4, 0.5) is 0 Å². The van der Waals surface area contributed by atoms with E-state index in [-0.39, 0.29) is 11.9 Å². The number of ketones is 1. The van der Waals surface area contributed by atoms with Gasteiger partial charge in [0, 0.05) is 11.0 Å². The van der Waals surface area contributed by atoms with Gasteiger partial charge in [0.2, 0.25) is 0 Å². The monoisotopic (exact) mass is 362 g/mol. The van der Waals surface area contributed by atoms with E-state index in [2.05, 4.69) is 18.7 Å². The molecule has 0 fully saturated rings. The quantitative estimate of drug-likeness (QED) is 0.638. The molecule has 1 aliphatic rings. The van der Waals surface area contributed by atoms with Crippen molar-refractivity contribution in [3.05, 3.63) is 47.0 Å². The van der Waals surface area contributed by atoms with Gasteiger partial charge in [0.05, 0.1) is 23.8 Å². The highest BCUT2D eigenvalue weighted by Crippen LogP contribution is 2.33. The van der Waals surface area contributed by atoms with Crippen molar-refractivity contribution in [3.63, 3.8) is 0 Å². The molecule has 4 heteroatoms. The molecule has 0 spiro atoms. The second-order valence-corrected chi connectivity index (χ2v) is 7.85. The van der Waals surface area contributed by atoms with Crippen LogP contribution < -0.4 is 0 Å². The van der Waals surface area contributed by atoms with E-state index in [4.69, 9.17) is 4.74 Å². The number of carbonyl (C=O) groups is 1. The molecule has 0 amide bonds. The molecule has 0 bridgehead atoms. The summed E-state index contributed by atoms with van der Waals surface area (Å²) in [5.41, 5.74) is 2.35. The Morgan fingerprint density at radius 2 is 2.00 bits per heavy atom. The Morgan fingerprint density at radius 1 is 1.30 bits per heavy atom. The summed E-state index contributed by atoms with van der Waals surface area (Å²) in [4.78, 5) is 12.8. The van der Waals surface area contributed by atoms with Crippen LogP contribution in [0.2, 0.25) is 0 Å². The summed E-state index contributed by atoms with van der Waals surface area (Å²) >= 11 is 0. The lowest BCUT2D eigenvalue weighted by molar-refractivity contribution is -0.130. The normalized spacial score (nSPS) is 24.1. The molecule has 1 aliphatic heterocycles. The zero-order valence-electron chi connectivity index (χ0n) is 16.5. The van der Waals surface area contributed by atoms with Gasteiger partial charge in [0.15, 0.2) is 5.78 Å². The maximum Gasteiger partial charge on any atom is 0.155 e. The first-order chi connectivity index (χ1) is 12.7. The number of benzene rings is 1. The number of Topliss-reactive ketones (excluding diaryl/α,β-unsaturated/α-hetero) is 1. The molecule has 27 heavy (non-hydrogen) atoms. The van der Waals surface area contributed by atoms with Crippen LogP contribution in [0.15, 0.2) is 24.8 Å². The number of carbonyl (C=O) groups excluding carboxylic acids is 1. The molecule has 1 heterocycles. The fourth-order valence-electron chi connectivity index (χ4n) is 3.41. The van der Waals surface area contributed by atoms with Crippen LogP contribution in [0.1, 0.15) is 62.3 Å². The van der Waals surface area contributed by atoms with Crippen LogP contribution in [-0.2, 0) is 9.53 Å². The third-order valence-corrected chi connectivity index (χ3v) is 5.04. The largest absolute Gasteiger partial charge is 0.491 e. The van der Waals surface area contributed by atoms with Crippen LogP contribution in [0.3, 0.4) is 0 Å². The second kappa shape index (κ2) is 8.23. The van der Waals surface area contributed by atoms with Gasteiger partial charge in [-0.05, 0) is 50.3 Å². The molecular weight excluding hydrogens is 336 g/mol. The first-order valence-electron chi connectivity index (χ1n) is 9.20. The molecular formula is C23H26N2O2. The van der Waals surface area contributed by atoms with Gasteiger partial charge < -0.3 is 4.74 Å². The van der Waals surface area contributed by atoms with Gasteiger partial charge in [-0.3, -0.25) is 4.79 Å². The number of hydrogen-bond donors (Lipinski definition) is 0. The number of aryl methyl sites for hydroxylation is 1. The third-order valence-electron chi connectivity index (χ3n) is 5.04. The zero-order chi connectivity index (χ0) is 20.2. The third kappa shape index (κ3) is 4.66.